The van der Waals surface area contributed by atoms with Crippen molar-refractivity contribution >= 4 is 22.7 Å². The van der Waals surface area contributed by atoms with Crippen LogP contribution in [-0.2, 0) is 0 Å². The first-order valence-electron chi connectivity index (χ1n) is 7.45. The van der Waals surface area contributed by atoms with Crippen molar-refractivity contribution in [2.45, 2.75) is 19.4 Å². The average molecular weight is 325 g/mol. The predicted octanol–water partition coefficient (Wildman–Crippen LogP) is 2.78. The molecule has 0 bridgehead atoms. The van der Waals surface area contributed by atoms with Crippen molar-refractivity contribution in [1.82, 2.24) is 5.32 Å². The highest BCUT2D eigenvalue weighted by Gasteiger charge is 2.19. The number of para-hydroxylation sites is 1. The van der Waals surface area contributed by atoms with Gasteiger partial charge in [-0.25, -0.2) is 4.79 Å². The molecule has 3 rings (SSSR count). The van der Waals surface area contributed by atoms with Crippen LogP contribution in [0.3, 0.4) is 0 Å². The van der Waals surface area contributed by atoms with Gasteiger partial charge in [-0.1, -0.05) is 18.2 Å². The third-order valence-electron chi connectivity index (χ3n) is 3.55. The van der Waals surface area contributed by atoms with Crippen LogP contribution in [0.2, 0.25) is 0 Å². The molecule has 0 saturated heterocycles. The number of nitrogens with one attached hydrogen (secondary N) is 1. The molecule has 0 radical (unpaired) electrons. The van der Waals surface area contributed by atoms with E-state index in [1.54, 1.807) is 43.3 Å². The molecule has 0 aliphatic rings. The molecule has 0 aliphatic heterocycles. The van der Waals surface area contributed by atoms with Gasteiger partial charge in [-0.05, 0) is 31.2 Å². The quantitative estimate of drug-likeness (QED) is 0.575. The Morgan fingerprint density at radius 1 is 1.17 bits per heavy atom. The lowest BCUT2D eigenvalue weighted by Crippen LogP contribution is -2.36. The maximum absolute atomic E-state index is 12.3. The van der Waals surface area contributed by atoms with E-state index >= 15 is 0 Å². The molecule has 0 aliphatic carbocycles. The summed E-state index contributed by atoms with van der Waals surface area (Å²) < 4.78 is 10.2. The number of hydrogen-bond acceptors (Lipinski definition) is 5. The first-order valence-corrected chi connectivity index (χ1v) is 7.45. The summed E-state index contributed by atoms with van der Waals surface area (Å²) in [5.74, 6) is -0.561. The highest BCUT2D eigenvalue weighted by atomic mass is 16.4. The van der Waals surface area contributed by atoms with E-state index in [0.29, 0.717) is 11.0 Å². The Kier molecular flexibility index (Phi) is 4.29. The predicted molar refractivity (Wildman–Crippen MR) is 87.1 cm³/mol. The minimum Gasteiger partial charge on any atom is -0.461 e. The normalized spacial score (nSPS) is 12.0. The highest BCUT2D eigenvalue weighted by Crippen LogP contribution is 2.13. The molecule has 2 heterocycles. The Morgan fingerprint density at radius 2 is 1.96 bits per heavy atom. The van der Waals surface area contributed by atoms with Gasteiger partial charge in [0, 0.05) is 17.8 Å². The van der Waals surface area contributed by atoms with Crippen LogP contribution in [0.1, 0.15) is 34.3 Å². The second-order valence-corrected chi connectivity index (χ2v) is 5.46. The van der Waals surface area contributed by atoms with Crippen LogP contribution >= 0.6 is 0 Å². The fraction of sp³-hybridized carbons (Fsp3) is 0.167. The van der Waals surface area contributed by atoms with Gasteiger partial charge in [0.2, 0.25) is 0 Å². The molecule has 122 valence electrons. The number of furan rings is 1. The molecule has 1 amide bonds. The zero-order chi connectivity index (χ0) is 17.1. The minimum absolute atomic E-state index is 0.0676. The summed E-state index contributed by atoms with van der Waals surface area (Å²) in [6.45, 7) is 1.68. The molecule has 1 aromatic carbocycles. The van der Waals surface area contributed by atoms with E-state index in [2.05, 4.69) is 5.32 Å². The van der Waals surface area contributed by atoms with Crippen molar-refractivity contribution in [3.05, 3.63) is 70.5 Å². The fourth-order valence-electron chi connectivity index (χ4n) is 2.39. The molecule has 1 N–H and O–H groups in total. The zero-order valence-corrected chi connectivity index (χ0v) is 12.9. The van der Waals surface area contributed by atoms with Crippen LogP contribution in [0.4, 0.5) is 0 Å². The van der Waals surface area contributed by atoms with Crippen LogP contribution in [0.5, 0.6) is 0 Å². The number of ketones is 1. The summed E-state index contributed by atoms with van der Waals surface area (Å²) in [6, 6.07) is 11.1. The molecule has 0 saturated carbocycles. The molecular weight excluding hydrogens is 310 g/mol. The van der Waals surface area contributed by atoms with Crippen LogP contribution in [-0.4, -0.2) is 17.7 Å². The summed E-state index contributed by atoms with van der Waals surface area (Å²) >= 11 is 0. The molecule has 1 atom stereocenters. The Balaban J connectivity index is 1.73. The van der Waals surface area contributed by atoms with Gasteiger partial charge in [-0.2, -0.15) is 0 Å². The van der Waals surface area contributed by atoms with Crippen molar-refractivity contribution in [1.29, 1.82) is 0 Å². The topological polar surface area (TPSA) is 89.5 Å². The summed E-state index contributed by atoms with van der Waals surface area (Å²) in [5.41, 5.74) is -0.387. The molecule has 6 heteroatoms. The molecule has 24 heavy (non-hydrogen) atoms. The van der Waals surface area contributed by atoms with E-state index in [9.17, 15) is 14.4 Å². The van der Waals surface area contributed by atoms with Crippen molar-refractivity contribution in [3.63, 3.8) is 0 Å². The number of carbonyl (C=O) groups excluding carboxylic acids is 2. The molecule has 0 fully saturated rings. The van der Waals surface area contributed by atoms with Crippen molar-refractivity contribution in [3.8, 4) is 0 Å². The second-order valence-electron chi connectivity index (χ2n) is 5.46. The van der Waals surface area contributed by atoms with Gasteiger partial charge in [0.15, 0.2) is 11.5 Å². The number of carbonyl (C=O) groups is 2. The first-order chi connectivity index (χ1) is 11.5. The molecular formula is C18H15NO5. The maximum Gasteiger partial charge on any atom is 0.349 e. The number of amides is 1. The minimum atomic E-state index is -0.712. The number of benzene rings is 1. The van der Waals surface area contributed by atoms with Gasteiger partial charge >= 0.3 is 5.63 Å². The third-order valence-corrected chi connectivity index (χ3v) is 3.55. The maximum atomic E-state index is 12.3. The van der Waals surface area contributed by atoms with Gasteiger partial charge in [-0.15, -0.1) is 0 Å². The summed E-state index contributed by atoms with van der Waals surface area (Å²) in [5, 5.41) is 3.29. The number of Topliss-reactive ketones (excluding diaryl/α,β-unsaturated/α-hetero) is 1. The highest BCUT2D eigenvalue weighted by molar-refractivity contribution is 5.98. The number of hydrogen-bond donors (Lipinski definition) is 1. The second kappa shape index (κ2) is 6.54. The van der Waals surface area contributed by atoms with Gasteiger partial charge in [0.05, 0.1) is 6.26 Å². The standard InChI is InChI=1S/C18H15NO5/c1-11(9-14(20)16-7-4-8-23-16)19-17(21)13-10-12-5-2-3-6-15(12)24-18(13)22/h2-8,10-11H,9H2,1H3,(H,19,21)/t11-/m1/s1. The van der Waals surface area contributed by atoms with Gasteiger partial charge in [0.25, 0.3) is 5.91 Å². The lowest BCUT2D eigenvalue weighted by molar-refractivity contribution is 0.0905. The Hall–Kier alpha value is -3.15. The molecule has 3 aromatic rings. The summed E-state index contributed by atoms with van der Waals surface area (Å²) in [4.78, 5) is 36.2. The fourth-order valence-corrected chi connectivity index (χ4v) is 2.39. The van der Waals surface area contributed by atoms with E-state index in [1.807, 2.05) is 0 Å². The molecule has 0 spiro atoms. The van der Waals surface area contributed by atoms with Crippen molar-refractivity contribution < 1.29 is 18.4 Å². The Morgan fingerprint density at radius 3 is 2.71 bits per heavy atom. The SMILES string of the molecule is C[C@H](CC(=O)c1ccco1)NC(=O)c1cc2ccccc2oc1=O. The summed E-state index contributed by atoms with van der Waals surface area (Å²) in [6.07, 6.45) is 1.48. The van der Waals surface area contributed by atoms with E-state index < -0.39 is 17.6 Å². The Bertz CT molecular complexity index is 939. The van der Waals surface area contributed by atoms with Crippen LogP contribution in [0.15, 0.2) is 62.4 Å². The molecule has 6 nitrogen and oxygen atoms in total. The Labute approximate surface area is 137 Å². The van der Waals surface area contributed by atoms with Crippen molar-refractivity contribution in [2.24, 2.45) is 0 Å². The summed E-state index contributed by atoms with van der Waals surface area (Å²) in [7, 11) is 0. The van der Waals surface area contributed by atoms with Gasteiger partial charge < -0.3 is 14.2 Å². The average Bonchev–Trinajstić information content (AvgIpc) is 3.08. The van der Waals surface area contributed by atoms with Gasteiger partial charge in [0.1, 0.15) is 11.1 Å². The smallest absolute Gasteiger partial charge is 0.349 e. The lowest BCUT2D eigenvalue weighted by Gasteiger charge is -2.12. The first kappa shape index (κ1) is 15.7. The zero-order valence-electron chi connectivity index (χ0n) is 12.9. The number of fused-ring (bicyclic) bond motifs is 1. The van der Waals surface area contributed by atoms with Crippen molar-refractivity contribution in [2.75, 3.05) is 0 Å². The largest absolute Gasteiger partial charge is 0.461 e. The lowest BCUT2D eigenvalue weighted by atomic mass is 10.1. The van der Waals surface area contributed by atoms with Crippen LogP contribution in [0.25, 0.3) is 11.0 Å². The van der Waals surface area contributed by atoms with E-state index in [4.69, 9.17) is 8.83 Å². The van der Waals surface area contributed by atoms with Crippen LogP contribution in [0, 0.1) is 0 Å². The number of rotatable bonds is 5. The van der Waals surface area contributed by atoms with Gasteiger partial charge in [-0.3, -0.25) is 9.59 Å². The van der Waals surface area contributed by atoms with E-state index in [-0.39, 0.29) is 23.5 Å². The molecule has 2 aromatic heterocycles. The molecule has 0 unspecified atom stereocenters. The van der Waals surface area contributed by atoms with E-state index in [1.165, 1.54) is 12.3 Å². The van der Waals surface area contributed by atoms with E-state index in [0.717, 1.165) is 0 Å². The van der Waals surface area contributed by atoms with Crippen LogP contribution < -0.4 is 10.9 Å². The third kappa shape index (κ3) is 3.27. The monoisotopic (exact) mass is 325 g/mol.